The first-order valence-corrected chi connectivity index (χ1v) is 7.89. The van der Waals surface area contributed by atoms with E-state index in [1.165, 1.54) is 6.07 Å². The third-order valence-corrected chi connectivity index (χ3v) is 4.65. The SMILES string of the molecule is CCC(C)C1CN(c2cc(F)cc(Cl)c2)C(CC)CN1. The van der Waals surface area contributed by atoms with Crippen molar-refractivity contribution in [3.63, 3.8) is 0 Å². The lowest BCUT2D eigenvalue weighted by Crippen LogP contribution is -2.58. The van der Waals surface area contributed by atoms with E-state index in [0.717, 1.165) is 31.6 Å². The number of hydrogen-bond acceptors (Lipinski definition) is 2. The Labute approximate surface area is 126 Å². The highest BCUT2D eigenvalue weighted by molar-refractivity contribution is 6.30. The number of nitrogens with one attached hydrogen (secondary N) is 1. The van der Waals surface area contributed by atoms with Crippen molar-refractivity contribution in [2.75, 3.05) is 18.0 Å². The van der Waals surface area contributed by atoms with Gasteiger partial charge in [-0.2, -0.15) is 0 Å². The van der Waals surface area contributed by atoms with Crippen LogP contribution in [0.25, 0.3) is 0 Å². The van der Waals surface area contributed by atoms with Crippen molar-refractivity contribution in [3.05, 3.63) is 29.0 Å². The van der Waals surface area contributed by atoms with Gasteiger partial charge in [0.1, 0.15) is 5.82 Å². The molecule has 2 nitrogen and oxygen atoms in total. The van der Waals surface area contributed by atoms with Crippen LogP contribution >= 0.6 is 11.6 Å². The Kier molecular flexibility index (Phi) is 5.28. The Morgan fingerprint density at radius 3 is 2.75 bits per heavy atom. The fraction of sp³-hybridized carbons (Fsp3) is 0.625. The lowest BCUT2D eigenvalue weighted by atomic mass is 9.94. The third kappa shape index (κ3) is 3.44. The van der Waals surface area contributed by atoms with Gasteiger partial charge in [0.2, 0.25) is 0 Å². The van der Waals surface area contributed by atoms with Crippen LogP contribution in [0.15, 0.2) is 18.2 Å². The molecule has 3 atom stereocenters. The quantitative estimate of drug-likeness (QED) is 0.901. The molecule has 112 valence electrons. The third-order valence-electron chi connectivity index (χ3n) is 4.43. The molecule has 0 aliphatic carbocycles. The molecule has 1 fully saturated rings. The summed E-state index contributed by atoms with van der Waals surface area (Å²) in [5.41, 5.74) is 0.900. The van der Waals surface area contributed by atoms with E-state index in [9.17, 15) is 4.39 Å². The molecular formula is C16H24ClFN2. The molecule has 1 aromatic carbocycles. The monoisotopic (exact) mass is 298 g/mol. The zero-order chi connectivity index (χ0) is 14.7. The summed E-state index contributed by atoms with van der Waals surface area (Å²) < 4.78 is 13.6. The van der Waals surface area contributed by atoms with Crippen LogP contribution in [0.2, 0.25) is 5.02 Å². The fourth-order valence-corrected chi connectivity index (χ4v) is 3.09. The smallest absolute Gasteiger partial charge is 0.126 e. The average Bonchev–Trinajstić information content (AvgIpc) is 2.44. The van der Waals surface area contributed by atoms with Crippen LogP contribution in [0, 0.1) is 11.7 Å². The van der Waals surface area contributed by atoms with Gasteiger partial charge in [0.15, 0.2) is 0 Å². The van der Waals surface area contributed by atoms with Gasteiger partial charge in [-0.3, -0.25) is 0 Å². The molecule has 4 heteroatoms. The second kappa shape index (κ2) is 6.77. The van der Waals surface area contributed by atoms with Crippen molar-refractivity contribution in [2.45, 2.75) is 45.7 Å². The summed E-state index contributed by atoms with van der Waals surface area (Å²) in [7, 11) is 0. The molecule has 0 spiro atoms. The molecule has 2 rings (SSSR count). The molecule has 20 heavy (non-hydrogen) atoms. The maximum Gasteiger partial charge on any atom is 0.126 e. The number of nitrogens with zero attached hydrogens (tertiary/aromatic N) is 1. The fourth-order valence-electron chi connectivity index (χ4n) is 2.87. The summed E-state index contributed by atoms with van der Waals surface area (Å²) in [6, 6.07) is 5.67. The van der Waals surface area contributed by atoms with Crippen molar-refractivity contribution in [1.29, 1.82) is 0 Å². The van der Waals surface area contributed by atoms with Crippen LogP contribution < -0.4 is 10.2 Å². The minimum Gasteiger partial charge on any atom is -0.366 e. The van der Waals surface area contributed by atoms with Gasteiger partial charge in [0, 0.05) is 35.9 Å². The molecule has 1 heterocycles. The summed E-state index contributed by atoms with van der Waals surface area (Å²) >= 11 is 6.00. The predicted octanol–water partition coefficient (Wildman–Crippen LogP) is 4.08. The van der Waals surface area contributed by atoms with E-state index in [4.69, 9.17) is 11.6 Å². The molecule has 0 bridgehead atoms. The van der Waals surface area contributed by atoms with Crippen molar-refractivity contribution in [2.24, 2.45) is 5.92 Å². The highest BCUT2D eigenvalue weighted by Crippen LogP contribution is 2.27. The van der Waals surface area contributed by atoms with E-state index in [1.54, 1.807) is 6.07 Å². The second-order valence-electron chi connectivity index (χ2n) is 5.74. The van der Waals surface area contributed by atoms with E-state index >= 15 is 0 Å². The van der Waals surface area contributed by atoms with E-state index in [-0.39, 0.29) is 5.82 Å². The van der Waals surface area contributed by atoms with Gasteiger partial charge in [-0.15, -0.1) is 0 Å². The van der Waals surface area contributed by atoms with Crippen molar-refractivity contribution in [3.8, 4) is 0 Å². The van der Waals surface area contributed by atoms with Gasteiger partial charge < -0.3 is 10.2 Å². The maximum absolute atomic E-state index is 13.6. The van der Waals surface area contributed by atoms with Gasteiger partial charge in [-0.1, -0.05) is 38.8 Å². The first-order valence-electron chi connectivity index (χ1n) is 7.51. The minimum atomic E-state index is -0.263. The molecule has 1 aliphatic rings. The number of rotatable bonds is 4. The van der Waals surface area contributed by atoms with Gasteiger partial charge in [-0.25, -0.2) is 4.39 Å². The van der Waals surface area contributed by atoms with Gasteiger partial charge >= 0.3 is 0 Å². The van der Waals surface area contributed by atoms with Crippen LogP contribution in [0.3, 0.4) is 0 Å². The van der Waals surface area contributed by atoms with Gasteiger partial charge in [0.05, 0.1) is 0 Å². The second-order valence-corrected chi connectivity index (χ2v) is 6.18. The molecule has 0 amide bonds. The summed E-state index contributed by atoms with van der Waals surface area (Å²) in [6.45, 7) is 8.50. The van der Waals surface area contributed by atoms with Crippen molar-refractivity contribution < 1.29 is 4.39 Å². The van der Waals surface area contributed by atoms with Crippen molar-refractivity contribution in [1.82, 2.24) is 5.32 Å². The Balaban J connectivity index is 2.24. The summed E-state index contributed by atoms with van der Waals surface area (Å²) in [4.78, 5) is 2.31. The van der Waals surface area contributed by atoms with Crippen LogP contribution in [0.4, 0.5) is 10.1 Å². The maximum atomic E-state index is 13.6. The number of piperazine rings is 1. The number of anilines is 1. The van der Waals surface area contributed by atoms with Gasteiger partial charge in [-0.05, 0) is 30.5 Å². The van der Waals surface area contributed by atoms with Gasteiger partial charge in [0.25, 0.3) is 0 Å². The van der Waals surface area contributed by atoms with Crippen molar-refractivity contribution >= 4 is 17.3 Å². The average molecular weight is 299 g/mol. The Morgan fingerprint density at radius 2 is 2.15 bits per heavy atom. The summed E-state index contributed by atoms with van der Waals surface area (Å²) in [5.74, 6) is 0.348. The van der Waals surface area contributed by atoms with Crippen LogP contribution in [-0.2, 0) is 0 Å². The Morgan fingerprint density at radius 1 is 1.40 bits per heavy atom. The number of halogens is 2. The van der Waals surface area contributed by atoms with E-state index in [1.807, 2.05) is 6.07 Å². The highest BCUT2D eigenvalue weighted by atomic mass is 35.5. The molecule has 0 radical (unpaired) electrons. The number of hydrogen-bond donors (Lipinski definition) is 1. The standard InChI is InChI=1S/C16H24ClFN2/c1-4-11(3)16-10-20(14(5-2)9-19-16)15-7-12(17)6-13(18)8-15/h6-8,11,14,16,19H,4-5,9-10H2,1-3H3. The zero-order valence-corrected chi connectivity index (χ0v) is 13.3. The normalized spacial score (nSPS) is 24.8. The summed E-state index contributed by atoms with van der Waals surface area (Å²) in [6.07, 6.45) is 2.18. The molecule has 1 aromatic rings. The largest absolute Gasteiger partial charge is 0.366 e. The number of benzene rings is 1. The first-order chi connectivity index (χ1) is 9.55. The van der Waals surface area contributed by atoms with E-state index in [2.05, 4.69) is 31.0 Å². The first kappa shape index (κ1) is 15.6. The molecular weight excluding hydrogens is 275 g/mol. The highest BCUT2D eigenvalue weighted by Gasteiger charge is 2.29. The van der Waals surface area contributed by atoms with Crippen LogP contribution in [-0.4, -0.2) is 25.2 Å². The predicted molar refractivity (Wildman–Crippen MR) is 84.1 cm³/mol. The summed E-state index contributed by atoms with van der Waals surface area (Å²) in [5, 5.41) is 4.10. The molecule has 3 unspecified atom stereocenters. The Hall–Kier alpha value is -0.800. The molecule has 0 saturated carbocycles. The lowest BCUT2D eigenvalue weighted by molar-refractivity contribution is 0.306. The Bertz CT molecular complexity index is 432. The topological polar surface area (TPSA) is 15.3 Å². The zero-order valence-electron chi connectivity index (χ0n) is 12.5. The van der Waals surface area contributed by atoms with E-state index < -0.39 is 0 Å². The molecule has 0 aromatic heterocycles. The van der Waals surface area contributed by atoms with Crippen LogP contribution in [0.1, 0.15) is 33.6 Å². The van der Waals surface area contributed by atoms with Crippen LogP contribution in [0.5, 0.6) is 0 Å². The van der Waals surface area contributed by atoms with E-state index in [0.29, 0.717) is 23.0 Å². The molecule has 1 saturated heterocycles. The lowest BCUT2D eigenvalue weighted by Gasteiger charge is -2.43. The molecule has 1 N–H and O–H groups in total. The molecule has 1 aliphatic heterocycles. The minimum absolute atomic E-state index is 0.263.